The SMILES string of the molecule is CN1CCC(c2ccc(Cc3ncc(C(F)(F)F)c(CCc4ccccc4CC(N)=O)n3)c(OC(F)(F)F)c2)CC1.NC(=O)Cc1ccccc1CCc1nc(Cc2ccc(C3CCNCC3)cc2OC(F)(F)F)ncc1C(F)(F)F. The summed E-state index contributed by atoms with van der Waals surface area (Å²) in [5.41, 5.74) is 12.0. The van der Waals surface area contributed by atoms with Crippen LogP contribution in [0.3, 0.4) is 0 Å². The van der Waals surface area contributed by atoms with E-state index < -0.39 is 59.5 Å². The van der Waals surface area contributed by atoms with E-state index in [0.29, 0.717) is 45.8 Å². The maximum Gasteiger partial charge on any atom is 0.573 e. The standard InChI is InChI=1S/C29H30F6N4O2.C28H28F6N4O2/c1-39-12-10-19(11-13-39)21-6-7-22(25(14-21)41-29(33,34)35)16-27-37-17-23(28(30,31)32)24(38-27)9-8-18-4-2-3-5-20(18)15-26(36)40;29-27(30,31)22-16-37-26(38-23(22)8-7-17-3-1-2-4-19(17)14-25(35)39)15-21-6-5-20(18-9-11-36-12-10-18)13-24(21)40-28(32,33)34/h2-7,14,17,19H,8-13,15-16H2,1H3,(H2,36,40);1-6,13,16,18,36H,7-12,14-15H2,(H2,35,39). The molecule has 6 aromatic rings. The van der Waals surface area contributed by atoms with Gasteiger partial charge in [-0.2, -0.15) is 26.3 Å². The Morgan fingerprint density at radius 1 is 0.543 bits per heavy atom. The van der Waals surface area contributed by atoms with Crippen molar-refractivity contribution >= 4 is 11.8 Å². The van der Waals surface area contributed by atoms with E-state index in [4.69, 9.17) is 11.5 Å². The fraction of sp³-hybridized carbons (Fsp3) is 0.404. The molecule has 0 unspecified atom stereocenters. The third-order valence-electron chi connectivity index (χ3n) is 14.0. The van der Waals surface area contributed by atoms with Gasteiger partial charge in [0.05, 0.1) is 35.4 Å². The minimum Gasteiger partial charge on any atom is -0.405 e. The van der Waals surface area contributed by atoms with E-state index in [1.807, 2.05) is 7.05 Å². The van der Waals surface area contributed by atoms with Crippen molar-refractivity contribution in [2.75, 3.05) is 33.2 Å². The predicted octanol–water partition coefficient (Wildman–Crippen LogP) is 10.9. The molecule has 4 heterocycles. The van der Waals surface area contributed by atoms with Gasteiger partial charge in [-0.15, -0.1) is 26.3 Å². The highest BCUT2D eigenvalue weighted by atomic mass is 19.4. The van der Waals surface area contributed by atoms with Crippen molar-refractivity contribution in [2.24, 2.45) is 11.5 Å². The Kier molecular flexibility index (Phi) is 20.0. The lowest BCUT2D eigenvalue weighted by Crippen LogP contribution is -2.29. The summed E-state index contributed by atoms with van der Waals surface area (Å²) >= 11 is 0. The number of rotatable bonds is 18. The number of primary amides is 2. The van der Waals surface area contributed by atoms with E-state index in [9.17, 15) is 62.3 Å². The topological polar surface area (TPSA) is 171 Å². The molecule has 81 heavy (non-hydrogen) atoms. The second-order valence-electron chi connectivity index (χ2n) is 19.9. The number of hydrogen-bond donors (Lipinski definition) is 3. The van der Waals surface area contributed by atoms with Crippen LogP contribution in [-0.4, -0.2) is 82.6 Å². The molecule has 24 heteroatoms. The summed E-state index contributed by atoms with van der Waals surface area (Å²) in [6.45, 7) is 3.13. The first-order valence-corrected chi connectivity index (χ1v) is 25.9. The van der Waals surface area contributed by atoms with Gasteiger partial charge in [0.1, 0.15) is 23.1 Å². The number of piperidine rings is 2. The molecule has 0 saturated carbocycles. The molecule has 5 N–H and O–H groups in total. The molecule has 0 spiro atoms. The van der Waals surface area contributed by atoms with Crippen LogP contribution in [0.5, 0.6) is 11.5 Å². The molecule has 12 nitrogen and oxygen atoms in total. The van der Waals surface area contributed by atoms with E-state index in [1.54, 1.807) is 60.7 Å². The Morgan fingerprint density at radius 2 is 0.926 bits per heavy atom. The molecule has 0 atom stereocenters. The average Bonchev–Trinajstić information content (AvgIpc) is 3.50. The highest BCUT2D eigenvalue weighted by Gasteiger charge is 2.38. The normalized spacial score (nSPS) is 15.0. The molecule has 434 valence electrons. The Bertz CT molecular complexity index is 3120. The molecule has 0 aliphatic carbocycles. The summed E-state index contributed by atoms with van der Waals surface area (Å²) in [6, 6.07) is 22.7. The van der Waals surface area contributed by atoms with Crippen molar-refractivity contribution < 1.29 is 71.7 Å². The Morgan fingerprint density at radius 3 is 1.30 bits per heavy atom. The summed E-state index contributed by atoms with van der Waals surface area (Å²) in [5, 5.41) is 3.21. The van der Waals surface area contributed by atoms with Crippen LogP contribution in [0, 0.1) is 0 Å². The number of carbonyl (C=O) groups excluding carboxylic acids is 2. The van der Waals surface area contributed by atoms with Gasteiger partial charge in [0.2, 0.25) is 11.8 Å². The molecule has 0 bridgehead atoms. The number of ether oxygens (including phenoxy) is 2. The molecule has 0 radical (unpaired) electrons. The smallest absolute Gasteiger partial charge is 0.405 e. The lowest BCUT2D eigenvalue weighted by atomic mass is 9.88. The highest BCUT2D eigenvalue weighted by molar-refractivity contribution is 5.77. The molecule has 2 aliphatic heterocycles. The zero-order chi connectivity index (χ0) is 58.7. The van der Waals surface area contributed by atoms with Gasteiger partial charge in [-0.3, -0.25) is 9.59 Å². The Balaban J connectivity index is 0.000000234. The summed E-state index contributed by atoms with van der Waals surface area (Å²) in [7, 11) is 1.98. The molecule has 2 saturated heterocycles. The largest absolute Gasteiger partial charge is 0.573 e. The van der Waals surface area contributed by atoms with Gasteiger partial charge >= 0.3 is 25.1 Å². The van der Waals surface area contributed by atoms with Gasteiger partial charge in [-0.05, 0) is 142 Å². The number of nitrogens with zero attached hydrogens (tertiary/aromatic N) is 5. The number of alkyl halides is 12. The van der Waals surface area contributed by atoms with Crippen LogP contribution in [0.1, 0.15) is 116 Å². The minimum absolute atomic E-state index is 0.0626. The van der Waals surface area contributed by atoms with Crippen molar-refractivity contribution in [1.82, 2.24) is 30.2 Å². The molecular formula is C57H58F12N8O4. The second-order valence-corrected chi connectivity index (χ2v) is 19.9. The Hall–Kier alpha value is -7.34. The minimum atomic E-state index is -4.95. The number of aryl methyl sites for hydroxylation is 4. The fourth-order valence-electron chi connectivity index (χ4n) is 9.99. The van der Waals surface area contributed by atoms with Crippen LogP contribution in [0.25, 0.3) is 0 Å². The maximum absolute atomic E-state index is 13.8. The number of nitrogens with one attached hydrogen (secondary N) is 1. The number of likely N-dealkylation sites (tertiary alicyclic amines) is 1. The van der Waals surface area contributed by atoms with Crippen molar-refractivity contribution in [3.8, 4) is 11.5 Å². The number of amides is 2. The third kappa shape index (κ3) is 18.3. The number of benzene rings is 4. The van der Waals surface area contributed by atoms with Gasteiger partial charge in [0.25, 0.3) is 0 Å². The van der Waals surface area contributed by atoms with Gasteiger partial charge in [0, 0.05) is 36.4 Å². The van der Waals surface area contributed by atoms with E-state index in [0.717, 1.165) is 51.9 Å². The summed E-state index contributed by atoms with van der Waals surface area (Å²) in [4.78, 5) is 40.9. The second kappa shape index (κ2) is 26.5. The number of carbonyl (C=O) groups is 2. The monoisotopic (exact) mass is 1150 g/mol. The van der Waals surface area contributed by atoms with Crippen LogP contribution >= 0.6 is 0 Å². The number of nitrogens with two attached hydrogens (primary N) is 2. The number of halogens is 12. The first kappa shape index (κ1) is 61.3. The number of hydrogen-bond acceptors (Lipinski definition) is 10. The van der Waals surface area contributed by atoms with E-state index in [-0.39, 0.29) is 97.4 Å². The van der Waals surface area contributed by atoms with Crippen LogP contribution in [-0.2, 0) is 73.3 Å². The average molecular weight is 1150 g/mol. The lowest BCUT2D eigenvalue weighted by Gasteiger charge is -2.29. The van der Waals surface area contributed by atoms with Gasteiger partial charge in [0.15, 0.2) is 0 Å². The zero-order valence-electron chi connectivity index (χ0n) is 43.8. The van der Waals surface area contributed by atoms with Crippen molar-refractivity contribution in [2.45, 2.75) is 114 Å². The maximum atomic E-state index is 13.8. The number of aromatic nitrogens is 4. The van der Waals surface area contributed by atoms with Gasteiger partial charge < -0.3 is 31.2 Å². The lowest BCUT2D eigenvalue weighted by molar-refractivity contribution is -0.275. The molecule has 8 rings (SSSR count). The van der Waals surface area contributed by atoms with E-state index in [2.05, 4.69) is 39.6 Å². The predicted molar refractivity (Wildman–Crippen MR) is 274 cm³/mol. The molecule has 2 amide bonds. The summed E-state index contributed by atoms with van der Waals surface area (Å²) in [5.74, 6) is -1.99. The van der Waals surface area contributed by atoms with Crippen LogP contribution < -0.4 is 26.3 Å². The van der Waals surface area contributed by atoms with Crippen molar-refractivity contribution in [3.05, 3.63) is 176 Å². The highest BCUT2D eigenvalue weighted by Crippen LogP contribution is 2.38. The third-order valence-corrected chi connectivity index (χ3v) is 14.0. The molecule has 4 aromatic carbocycles. The molecule has 2 aliphatic rings. The van der Waals surface area contributed by atoms with Crippen LogP contribution in [0.2, 0.25) is 0 Å². The van der Waals surface area contributed by atoms with Gasteiger partial charge in [-0.25, -0.2) is 19.9 Å². The molecular weight excluding hydrogens is 1090 g/mol. The first-order chi connectivity index (χ1) is 38.2. The summed E-state index contributed by atoms with van der Waals surface area (Å²) < 4.78 is 171. The van der Waals surface area contributed by atoms with E-state index in [1.165, 1.54) is 24.3 Å². The fourth-order valence-corrected chi connectivity index (χ4v) is 9.99. The molecule has 2 aromatic heterocycles. The van der Waals surface area contributed by atoms with Crippen molar-refractivity contribution in [1.29, 1.82) is 0 Å². The quantitative estimate of drug-likeness (QED) is 0.0704. The first-order valence-electron chi connectivity index (χ1n) is 25.9. The van der Waals surface area contributed by atoms with Gasteiger partial charge in [-0.1, -0.05) is 72.8 Å². The van der Waals surface area contributed by atoms with Crippen LogP contribution in [0.4, 0.5) is 52.7 Å². The molecule has 2 fully saturated rings. The van der Waals surface area contributed by atoms with Crippen molar-refractivity contribution in [3.63, 3.8) is 0 Å². The zero-order valence-corrected chi connectivity index (χ0v) is 43.8. The van der Waals surface area contributed by atoms with Crippen LogP contribution in [0.15, 0.2) is 97.3 Å². The Labute approximate surface area is 458 Å². The summed E-state index contributed by atoms with van der Waals surface area (Å²) in [6.07, 6.45) is -15.6. The van der Waals surface area contributed by atoms with E-state index >= 15 is 0 Å².